The summed E-state index contributed by atoms with van der Waals surface area (Å²) < 4.78 is 0. The summed E-state index contributed by atoms with van der Waals surface area (Å²) in [6.45, 7) is 0.725. The van der Waals surface area contributed by atoms with Gasteiger partial charge < -0.3 is 5.32 Å². The van der Waals surface area contributed by atoms with Gasteiger partial charge in [0.1, 0.15) is 0 Å². The maximum atomic E-state index is 12.7. The van der Waals surface area contributed by atoms with Gasteiger partial charge >= 0.3 is 0 Å². The summed E-state index contributed by atoms with van der Waals surface area (Å²) in [7, 11) is 0. The van der Waals surface area contributed by atoms with Crippen molar-refractivity contribution < 1.29 is 4.79 Å². The third-order valence-electron chi connectivity index (χ3n) is 4.81. The highest BCUT2D eigenvalue weighted by Crippen LogP contribution is 2.44. The number of rotatable bonds is 6. The summed E-state index contributed by atoms with van der Waals surface area (Å²) in [5.41, 5.74) is 2.07. The number of carbonyl (C=O) groups excluding carboxylic acids is 1. The molecule has 0 radical (unpaired) electrons. The van der Waals surface area contributed by atoms with Crippen LogP contribution in [-0.2, 0) is 16.6 Å². The van der Waals surface area contributed by atoms with Gasteiger partial charge in [0.2, 0.25) is 5.91 Å². The van der Waals surface area contributed by atoms with Crippen LogP contribution in [0.4, 0.5) is 0 Å². The SMILES string of the molecule is O=C(NCCCc1ccccc1)C1(c2ccc(Cl)cc2)CCC1. The third kappa shape index (κ3) is 3.59. The van der Waals surface area contributed by atoms with Gasteiger partial charge in [-0.1, -0.05) is 60.5 Å². The Morgan fingerprint density at radius 2 is 1.74 bits per heavy atom. The zero-order valence-corrected chi connectivity index (χ0v) is 14.0. The number of carbonyl (C=O) groups is 1. The molecule has 0 aliphatic heterocycles. The first kappa shape index (κ1) is 16.1. The van der Waals surface area contributed by atoms with Gasteiger partial charge in [-0.2, -0.15) is 0 Å². The molecular formula is C20H22ClNO. The first-order valence-electron chi connectivity index (χ1n) is 8.29. The van der Waals surface area contributed by atoms with E-state index in [0.29, 0.717) is 5.02 Å². The molecule has 1 aliphatic carbocycles. The molecule has 3 rings (SSSR count). The van der Waals surface area contributed by atoms with E-state index in [1.54, 1.807) is 0 Å². The average molecular weight is 328 g/mol. The van der Waals surface area contributed by atoms with Crippen LogP contribution in [0.3, 0.4) is 0 Å². The van der Waals surface area contributed by atoms with Crippen molar-refractivity contribution >= 4 is 17.5 Å². The minimum Gasteiger partial charge on any atom is -0.355 e. The number of hydrogen-bond donors (Lipinski definition) is 1. The molecule has 1 aliphatic rings. The minimum atomic E-state index is -0.336. The average Bonchev–Trinajstić information content (AvgIpc) is 2.53. The molecule has 1 amide bonds. The molecule has 0 saturated heterocycles. The lowest BCUT2D eigenvalue weighted by Crippen LogP contribution is -2.49. The topological polar surface area (TPSA) is 29.1 Å². The standard InChI is InChI=1S/C20H22ClNO/c21-18-11-9-17(10-12-18)20(13-5-14-20)19(23)22-15-4-8-16-6-2-1-3-7-16/h1-3,6-7,9-12H,4-5,8,13-15H2,(H,22,23). The fourth-order valence-electron chi connectivity index (χ4n) is 3.25. The van der Waals surface area contributed by atoms with E-state index >= 15 is 0 Å². The largest absolute Gasteiger partial charge is 0.355 e. The molecule has 2 aromatic carbocycles. The Balaban J connectivity index is 1.55. The second-order valence-corrected chi connectivity index (χ2v) is 6.72. The van der Waals surface area contributed by atoms with Crippen LogP contribution in [0.2, 0.25) is 5.02 Å². The second-order valence-electron chi connectivity index (χ2n) is 6.29. The molecular weight excluding hydrogens is 306 g/mol. The highest BCUT2D eigenvalue weighted by atomic mass is 35.5. The predicted molar refractivity (Wildman–Crippen MR) is 94.8 cm³/mol. The molecule has 0 bridgehead atoms. The van der Waals surface area contributed by atoms with Crippen LogP contribution in [0, 0.1) is 0 Å². The van der Waals surface area contributed by atoms with Gasteiger partial charge in [-0.3, -0.25) is 4.79 Å². The minimum absolute atomic E-state index is 0.166. The van der Waals surface area contributed by atoms with Gasteiger partial charge in [-0.05, 0) is 48.9 Å². The molecule has 1 N–H and O–H groups in total. The number of hydrogen-bond acceptors (Lipinski definition) is 1. The van der Waals surface area contributed by atoms with Crippen LogP contribution in [0.15, 0.2) is 54.6 Å². The van der Waals surface area contributed by atoms with E-state index < -0.39 is 0 Å². The van der Waals surface area contributed by atoms with E-state index in [0.717, 1.165) is 44.2 Å². The lowest BCUT2D eigenvalue weighted by Gasteiger charge is -2.40. The second kappa shape index (κ2) is 7.18. The van der Waals surface area contributed by atoms with E-state index in [1.807, 2.05) is 30.3 Å². The molecule has 2 nitrogen and oxygen atoms in total. The van der Waals surface area contributed by atoms with Crippen molar-refractivity contribution in [1.29, 1.82) is 0 Å². The molecule has 0 unspecified atom stereocenters. The van der Waals surface area contributed by atoms with Crippen molar-refractivity contribution in [3.63, 3.8) is 0 Å². The molecule has 0 spiro atoms. The van der Waals surface area contributed by atoms with Crippen molar-refractivity contribution in [3.05, 3.63) is 70.7 Å². The summed E-state index contributed by atoms with van der Waals surface area (Å²) in [6, 6.07) is 18.1. The maximum Gasteiger partial charge on any atom is 0.230 e. The molecule has 2 aromatic rings. The van der Waals surface area contributed by atoms with Gasteiger partial charge in [0.25, 0.3) is 0 Å². The number of aryl methyl sites for hydroxylation is 1. The zero-order chi connectivity index (χ0) is 16.1. The van der Waals surface area contributed by atoms with Gasteiger partial charge in [-0.25, -0.2) is 0 Å². The monoisotopic (exact) mass is 327 g/mol. The number of amides is 1. The smallest absolute Gasteiger partial charge is 0.230 e. The zero-order valence-electron chi connectivity index (χ0n) is 13.2. The normalized spacial score (nSPS) is 15.7. The number of halogens is 1. The summed E-state index contributed by atoms with van der Waals surface area (Å²) in [5, 5.41) is 3.85. The van der Waals surface area contributed by atoms with Crippen LogP contribution in [0.25, 0.3) is 0 Å². The molecule has 1 fully saturated rings. The molecule has 0 heterocycles. The Hall–Kier alpha value is -1.80. The van der Waals surface area contributed by atoms with Crippen LogP contribution in [0.1, 0.15) is 36.8 Å². The van der Waals surface area contributed by atoms with Crippen molar-refractivity contribution in [2.24, 2.45) is 0 Å². The third-order valence-corrected chi connectivity index (χ3v) is 5.06. The summed E-state index contributed by atoms with van der Waals surface area (Å²) in [5.74, 6) is 0.166. The molecule has 0 aromatic heterocycles. The van der Waals surface area contributed by atoms with Crippen molar-refractivity contribution in [2.45, 2.75) is 37.5 Å². The van der Waals surface area contributed by atoms with Crippen LogP contribution < -0.4 is 5.32 Å². The Morgan fingerprint density at radius 1 is 1.04 bits per heavy atom. The van der Waals surface area contributed by atoms with Crippen molar-refractivity contribution in [1.82, 2.24) is 5.32 Å². The molecule has 3 heteroatoms. The first-order valence-corrected chi connectivity index (χ1v) is 8.67. The Kier molecular flexibility index (Phi) is 5.02. The summed E-state index contributed by atoms with van der Waals surface area (Å²) >= 11 is 5.96. The van der Waals surface area contributed by atoms with Gasteiger partial charge in [0.15, 0.2) is 0 Å². The van der Waals surface area contributed by atoms with Crippen LogP contribution >= 0.6 is 11.6 Å². The Labute approximate surface area is 142 Å². The van der Waals surface area contributed by atoms with Crippen LogP contribution in [-0.4, -0.2) is 12.5 Å². The van der Waals surface area contributed by atoms with E-state index in [4.69, 9.17) is 11.6 Å². The number of nitrogens with one attached hydrogen (secondary N) is 1. The molecule has 120 valence electrons. The van der Waals surface area contributed by atoms with Crippen LogP contribution in [0.5, 0.6) is 0 Å². The highest BCUT2D eigenvalue weighted by Gasteiger charge is 2.45. The van der Waals surface area contributed by atoms with E-state index in [-0.39, 0.29) is 11.3 Å². The predicted octanol–water partition coefficient (Wildman–Crippen LogP) is 4.51. The quantitative estimate of drug-likeness (QED) is 0.777. The summed E-state index contributed by atoms with van der Waals surface area (Å²) in [4.78, 5) is 12.7. The fourth-order valence-corrected chi connectivity index (χ4v) is 3.38. The number of benzene rings is 2. The van der Waals surface area contributed by atoms with Gasteiger partial charge in [0.05, 0.1) is 5.41 Å². The molecule has 0 atom stereocenters. The molecule has 1 saturated carbocycles. The van der Waals surface area contributed by atoms with Crippen molar-refractivity contribution in [2.75, 3.05) is 6.54 Å². The highest BCUT2D eigenvalue weighted by molar-refractivity contribution is 6.30. The first-order chi connectivity index (χ1) is 11.2. The van der Waals surface area contributed by atoms with E-state index in [9.17, 15) is 4.79 Å². The molecule has 23 heavy (non-hydrogen) atoms. The Bertz CT molecular complexity index is 647. The van der Waals surface area contributed by atoms with E-state index in [1.165, 1.54) is 5.56 Å². The summed E-state index contributed by atoms with van der Waals surface area (Å²) in [6.07, 6.45) is 4.93. The van der Waals surface area contributed by atoms with E-state index in [2.05, 4.69) is 29.6 Å². The lowest BCUT2D eigenvalue weighted by molar-refractivity contribution is -0.129. The maximum absolute atomic E-state index is 12.7. The van der Waals surface area contributed by atoms with Crippen molar-refractivity contribution in [3.8, 4) is 0 Å². The Morgan fingerprint density at radius 3 is 2.35 bits per heavy atom. The van der Waals surface area contributed by atoms with Gasteiger partial charge in [0, 0.05) is 11.6 Å². The van der Waals surface area contributed by atoms with Gasteiger partial charge in [-0.15, -0.1) is 0 Å². The lowest BCUT2D eigenvalue weighted by atomic mass is 9.64. The fraction of sp³-hybridized carbons (Fsp3) is 0.350.